The van der Waals surface area contributed by atoms with E-state index in [1.54, 1.807) is 13.8 Å². The molecule has 0 bridgehead atoms. The second-order valence-electron chi connectivity index (χ2n) is 3.06. The third-order valence-electron chi connectivity index (χ3n) is 2.26. The van der Waals surface area contributed by atoms with Crippen molar-refractivity contribution in [2.24, 2.45) is 0 Å². The quantitative estimate of drug-likeness (QED) is 0.687. The standard InChI is InChI=1S/C9H13NO4/c1-5-6(2)9(13)10(8(5)12)4-7(11)14-3/h12-13H,4H2,1-3H3. The highest BCUT2D eigenvalue weighted by molar-refractivity contribution is 5.70. The lowest BCUT2D eigenvalue weighted by Crippen LogP contribution is -2.10. The van der Waals surface area contributed by atoms with E-state index in [1.807, 2.05) is 0 Å². The van der Waals surface area contributed by atoms with Gasteiger partial charge < -0.3 is 14.9 Å². The number of rotatable bonds is 2. The summed E-state index contributed by atoms with van der Waals surface area (Å²) < 4.78 is 5.54. The molecule has 0 amide bonds. The van der Waals surface area contributed by atoms with Gasteiger partial charge in [-0.05, 0) is 13.8 Å². The molecule has 0 radical (unpaired) electrons. The highest BCUT2D eigenvalue weighted by Crippen LogP contribution is 2.31. The lowest BCUT2D eigenvalue weighted by atomic mass is 10.2. The molecule has 78 valence electrons. The van der Waals surface area contributed by atoms with Gasteiger partial charge in [0, 0.05) is 11.1 Å². The van der Waals surface area contributed by atoms with E-state index < -0.39 is 5.97 Å². The molecular weight excluding hydrogens is 186 g/mol. The highest BCUT2D eigenvalue weighted by atomic mass is 16.5. The Morgan fingerprint density at radius 2 is 1.71 bits per heavy atom. The summed E-state index contributed by atoms with van der Waals surface area (Å²) in [5.41, 5.74) is 1.12. The van der Waals surface area contributed by atoms with Crippen LogP contribution in [0.1, 0.15) is 11.1 Å². The molecule has 5 heteroatoms. The number of methoxy groups -OCH3 is 1. The van der Waals surface area contributed by atoms with Gasteiger partial charge in [-0.25, -0.2) is 0 Å². The smallest absolute Gasteiger partial charge is 0.325 e. The molecule has 2 N–H and O–H groups in total. The van der Waals surface area contributed by atoms with Gasteiger partial charge in [0.2, 0.25) is 0 Å². The maximum atomic E-state index is 10.9. The maximum Gasteiger partial charge on any atom is 0.325 e. The molecule has 0 spiro atoms. The van der Waals surface area contributed by atoms with Crippen LogP contribution in [0.4, 0.5) is 0 Å². The van der Waals surface area contributed by atoms with E-state index in [4.69, 9.17) is 0 Å². The molecule has 0 aliphatic carbocycles. The van der Waals surface area contributed by atoms with Crippen molar-refractivity contribution < 1.29 is 19.7 Å². The van der Waals surface area contributed by atoms with Gasteiger partial charge in [0.05, 0.1) is 7.11 Å². The average molecular weight is 199 g/mol. The fraction of sp³-hybridized carbons (Fsp3) is 0.444. The van der Waals surface area contributed by atoms with Crippen molar-refractivity contribution in [1.29, 1.82) is 0 Å². The predicted octanol–water partition coefficient (Wildman–Crippen LogP) is 0.689. The number of aromatic nitrogens is 1. The van der Waals surface area contributed by atoms with Crippen molar-refractivity contribution in [1.82, 2.24) is 4.57 Å². The van der Waals surface area contributed by atoms with Crippen molar-refractivity contribution in [2.75, 3.05) is 7.11 Å². The lowest BCUT2D eigenvalue weighted by molar-refractivity contribution is -0.141. The van der Waals surface area contributed by atoms with Gasteiger partial charge in [0.25, 0.3) is 0 Å². The molecule has 0 saturated carbocycles. The van der Waals surface area contributed by atoms with Crippen molar-refractivity contribution in [2.45, 2.75) is 20.4 Å². The van der Waals surface area contributed by atoms with E-state index in [1.165, 1.54) is 7.11 Å². The summed E-state index contributed by atoms with van der Waals surface area (Å²) in [4.78, 5) is 10.9. The SMILES string of the molecule is COC(=O)Cn1c(O)c(C)c(C)c1O. The number of esters is 1. The van der Waals surface area contributed by atoms with Crippen molar-refractivity contribution in [3.05, 3.63) is 11.1 Å². The van der Waals surface area contributed by atoms with Crippen LogP contribution in [0, 0.1) is 13.8 Å². The fourth-order valence-corrected chi connectivity index (χ4v) is 1.18. The number of ether oxygens (including phenoxy) is 1. The van der Waals surface area contributed by atoms with Gasteiger partial charge in [-0.15, -0.1) is 0 Å². The maximum absolute atomic E-state index is 10.9. The van der Waals surface area contributed by atoms with Gasteiger partial charge in [0.1, 0.15) is 6.54 Å². The second-order valence-corrected chi connectivity index (χ2v) is 3.06. The van der Waals surface area contributed by atoms with E-state index in [2.05, 4.69) is 4.74 Å². The van der Waals surface area contributed by atoms with Gasteiger partial charge >= 0.3 is 5.97 Å². The van der Waals surface area contributed by atoms with Gasteiger partial charge in [-0.2, -0.15) is 0 Å². The molecule has 0 unspecified atom stereocenters. The zero-order valence-electron chi connectivity index (χ0n) is 8.37. The highest BCUT2D eigenvalue weighted by Gasteiger charge is 2.17. The van der Waals surface area contributed by atoms with Crippen LogP contribution in [0.3, 0.4) is 0 Å². The Morgan fingerprint density at radius 1 is 1.29 bits per heavy atom. The molecule has 0 atom stereocenters. The molecule has 1 aromatic heterocycles. The number of aromatic hydroxyl groups is 2. The van der Waals surface area contributed by atoms with Crippen molar-refractivity contribution >= 4 is 5.97 Å². The summed E-state index contributed by atoms with van der Waals surface area (Å²) in [5.74, 6) is -0.735. The minimum atomic E-state index is -0.523. The third-order valence-corrected chi connectivity index (χ3v) is 2.26. The van der Waals surface area contributed by atoms with E-state index in [-0.39, 0.29) is 18.3 Å². The van der Waals surface area contributed by atoms with E-state index in [9.17, 15) is 15.0 Å². The summed E-state index contributed by atoms with van der Waals surface area (Å²) in [6, 6.07) is 0. The number of carbonyl (C=O) groups is 1. The van der Waals surface area contributed by atoms with Crippen molar-refractivity contribution in [3.8, 4) is 11.8 Å². The van der Waals surface area contributed by atoms with Crippen LogP contribution in [0.25, 0.3) is 0 Å². The summed E-state index contributed by atoms with van der Waals surface area (Å²) in [6.07, 6.45) is 0. The minimum Gasteiger partial charge on any atom is -0.494 e. The largest absolute Gasteiger partial charge is 0.494 e. The van der Waals surface area contributed by atoms with E-state index in [0.29, 0.717) is 11.1 Å². The number of carbonyl (C=O) groups excluding carboxylic acids is 1. The van der Waals surface area contributed by atoms with E-state index >= 15 is 0 Å². The molecule has 1 aromatic rings. The fourth-order valence-electron chi connectivity index (χ4n) is 1.18. The first kappa shape index (κ1) is 10.4. The first-order valence-electron chi connectivity index (χ1n) is 4.13. The zero-order valence-corrected chi connectivity index (χ0v) is 8.37. The second kappa shape index (κ2) is 3.61. The van der Waals surface area contributed by atoms with Gasteiger partial charge in [-0.1, -0.05) is 0 Å². The molecule has 0 fully saturated rings. The summed E-state index contributed by atoms with van der Waals surface area (Å²) in [6.45, 7) is 3.14. The summed E-state index contributed by atoms with van der Waals surface area (Å²) >= 11 is 0. The predicted molar refractivity (Wildman–Crippen MR) is 49.3 cm³/mol. The molecule has 0 aliphatic heterocycles. The van der Waals surface area contributed by atoms with Crippen LogP contribution >= 0.6 is 0 Å². The normalized spacial score (nSPS) is 10.2. The molecule has 1 rings (SSSR count). The van der Waals surface area contributed by atoms with Crippen LogP contribution in [0.15, 0.2) is 0 Å². The number of nitrogens with zero attached hydrogens (tertiary/aromatic N) is 1. The molecule has 0 aromatic carbocycles. The Labute approximate surface area is 81.5 Å². The average Bonchev–Trinajstić information content (AvgIpc) is 2.35. The molecule has 0 aliphatic rings. The first-order chi connectivity index (χ1) is 6.49. The van der Waals surface area contributed by atoms with Crippen LogP contribution in [0.2, 0.25) is 0 Å². The van der Waals surface area contributed by atoms with Gasteiger partial charge in [-0.3, -0.25) is 9.36 Å². The summed E-state index contributed by atoms with van der Waals surface area (Å²) in [7, 11) is 1.25. The van der Waals surface area contributed by atoms with Crippen LogP contribution in [-0.4, -0.2) is 27.9 Å². The zero-order chi connectivity index (χ0) is 10.9. The number of hydrogen-bond donors (Lipinski definition) is 2. The van der Waals surface area contributed by atoms with Gasteiger partial charge in [0.15, 0.2) is 11.8 Å². The van der Waals surface area contributed by atoms with E-state index in [0.717, 1.165) is 4.57 Å². The Morgan fingerprint density at radius 3 is 2.07 bits per heavy atom. The summed E-state index contributed by atoms with van der Waals surface area (Å²) in [5, 5.41) is 19.1. The monoisotopic (exact) mass is 199 g/mol. The minimum absolute atomic E-state index is 0.106. The Bertz CT molecular complexity index is 342. The van der Waals surface area contributed by atoms with Crippen molar-refractivity contribution in [3.63, 3.8) is 0 Å². The molecule has 5 nitrogen and oxygen atoms in total. The topological polar surface area (TPSA) is 71.7 Å². The van der Waals surface area contributed by atoms with Crippen LogP contribution in [-0.2, 0) is 16.1 Å². The molecule has 0 saturated heterocycles. The Hall–Kier alpha value is -1.65. The lowest BCUT2D eigenvalue weighted by Gasteiger charge is -2.04. The molecule has 1 heterocycles. The van der Waals surface area contributed by atoms with Crippen LogP contribution in [0.5, 0.6) is 11.8 Å². The Balaban J connectivity index is 3.09. The number of hydrogen-bond acceptors (Lipinski definition) is 4. The van der Waals surface area contributed by atoms with Crippen LogP contribution < -0.4 is 0 Å². The first-order valence-corrected chi connectivity index (χ1v) is 4.13. The molecular formula is C9H13NO4. The molecule has 14 heavy (non-hydrogen) atoms. The Kier molecular flexibility index (Phi) is 2.69. The third kappa shape index (κ3) is 1.53.